The normalized spacial score (nSPS) is 10.9. The molecule has 0 saturated heterocycles. The van der Waals surface area contributed by atoms with E-state index in [-0.39, 0.29) is 0 Å². The summed E-state index contributed by atoms with van der Waals surface area (Å²) in [5, 5.41) is 4.29. The van der Waals surface area contributed by atoms with Crippen molar-refractivity contribution in [1.82, 2.24) is 14.6 Å². The minimum absolute atomic E-state index is 0.506. The fourth-order valence-electron chi connectivity index (χ4n) is 1.31. The fraction of sp³-hybridized carbons (Fsp3) is 0.333. The van der Waals surface area contributed by atoms with E-state index in [4.69, 9.17) is 5.73 Å². The number of hydrogen-bond donors (Lipinski definition) is 1. The summed E-state index contributed by atoms with van der Waals surface area (Å²) in [5.74, 6) is 0.862. The van der Waals surface area contributed by atoms with E-state index in [9.17, 15) is 0 Å². The monoisotopic (exact) mass is 176 g/mol. The van der Waals surface area contributed by atoms with Gasteiger partial charge in [0, 0.05) is 24.7 Å². The largest absolute Gasteiger partial charge is 0.326 e. The van der Waals surface area contributed by atoms with Crippen LogP contribution in [0.5, 0.6) is 0 Å². The maximum absolute atomic E-state index is 5.59. The van der Waals surface area contributed by atoms with Crippen molar-refractivity contribution in [2.75, 3.05) is 0 Å². The smallest absolute Gasteiger partial charge is 0.160 e. The van der Waals surface area contributed by atoms with Crippen LogP contribution in [0.25, 0.3) is 5.65 Å². The van der Waals surface area contributed by atoms with Crippen LogP contribution in [0.3, 0.4) is 0 Å². The molecule has 0 radical (unpaired) electrons. The molecule has 0 unspecified atom stereocenters. The van der Waals surface area contributed by atoms with E-state index < -0.39 is 0 Å². The summed E-state index contributed by atoms with van der Waals surface area (Å²) in [6.45, 7) is 2.54. The lowest BCUT2D eigenvalue weighted by atomic mass is 10.3. The van der Waals surface area contributed by atoms with Gasteiger partial charge in [-0.3, -0.25) is 0 Å². The molecule has 0 amide bonds. The molecule has 13 heavy (non-hydrogen) atoms. The van der Waals surface area contributed by atoms with Crippen molar-refractivity contribution in [3.8, 4) is 0 Å². The molecule has 68 valence electrons. The molecule has 2 heterocycles. The zero-order chi connectivity index (χ0) is 9.26. The maximum Gasteiger partial charge on any atom is 0.160 e. The van der Waals surface area contributed by atoms with Crippen molar-refractivity contribution in [3.05, 3.63) is 29.7 Å². The van der Waals surface area contributed by atoms with E-state index in [1.165, 1.54) is 0 Å². The second kappa shape index (κ2) is 3.14. The topological polar surface area (TPSA) is 56.2 Å². The van der Waals surface area contributed by atoms with Crippen molar-refractivity contribution < 1.29 is 0 Å². The number of aryl methyl sites for hydroxylation is 1. The minimum Gasteiger partial charge on any atom is -0.326 e. The predicted molar refractivity (Wildman–Crippen MR) is 50.3 cm³/mol. The molecular weight excluding hydrogens is 164 g/mol. The van der Waals surface area contributed by atoms with Crippen LogP contribution in [0, 0.1) is 0 Å². The molecule has 0 fully saturated rings. The van der Waals surface area contributed by atoms with Gasteiger partial charge in [-0.1, -0.05) is 13.0 Å². The van der Waals surface area contributed by atoms with Crippen LogP contribution in [0.4, 0.5) is 0 Å². The van der Waals surface area contributed by atoms with Crippen molar-refractivity contribution >= 4 is 5.65 Å². The summed E-state index contributed by atoms with van der Waals surface area (Å²) in [7, 11) is 0. The maximum atomic E-state index is 5.59. The van der Waals surface area contributed by atoms with E-state index in [1.807, 2.05) is 25.3 Å². The summed E-state index contributed by atoms with van der Waals surface area (Å²) >= 11 is 0. The Morgan fingerprint density at radius 1 is 1.54 bits per heavy atom. The van der Waals surface area contributed by atoms with Gasteiger partial charge < -0.3 is 5.73 Å². The Bertz CT molecular complexity index is 418. The second-order valence-corrected chi connectivity index (χ2v) is 2.89. The van der Waals surface area contributed by atoms with E-state index in [0.717, 1.165) is 23.5 Å². The molecule has 0 aliphatic carbocycles. The number of rotatable bonds is 2. The van der Waals surface area contributed by atoms with Gasteiger partial charge in [0.1, 0.15) is 0 Å². The molecule has 0 aliphatic rings. The fourth-order valence-corrected chi connectivity index (χ4v) is 1.31. The van der Waals surface area contributed by atoms with Crippen LogP contribution >= 0.6 is 0 Å². The highest BCUT2D eigenvalue weighted by Crippen LogP contribution is 2.07. The van der Waals surface area contributed by atoms with Gasteiger partial charge in [0.2, 0.25) is 0 Å². The van der Waals surface area contributed by atoms with Gasteiger partial charge in [-0.05, 0) is 6.07 Å². The van der Waals surface area contributed by atoms with Gasteiger partial charge in [0.05, 0.1) is 0 Å². The summed E-state index contributed by atoms with van der Waals surface area (Å²) in [5.41, 5.74) is 7.50. The SMILES string of the molecule is CCc1nc2c(CN)cccn2n1. The first-order valence-electron chi connectivity index (χ1n) is 4.38. The molecule has 0 bridgehead atoms. The highest BCUT2D eigenvalue weighted by atomic mass is 15.3. The van der Waals surface area contributed by atoms with E-state index in [1.54, 1.807) is 4.52 Å². The van der Waals surface area contributed by atoms with Crippen LogP contribution in [0.15, 0.2) is 18.3 Å². The first-order valence-corrected chi connectivity index (χ1v) is 4.38. The second-order valence-electron chi connectivity index (χ2n) is 2.89. The molecule has 0 spiro atoms. The number of pyridine rings is 1. The van der Waals surface area contributed by atoms with E-state index in [0.29, 0.717) is 6.54 Å². The van der Waals surface area contributed by atoms with Crippen molar-refractivity contribution in [2.45, 2.75) is 19.9 Å². The highest BCUT2D eigenvalue weighted by molar-refractivity contribution is 5.46. The molecule has 0 aliphatic heterocycles. The van der Waals surface area contributed by atoms with Gasteiger partial charge >= 0.3 is 0 Å². The van der Waals surface area contributed by atoms with Gasteiger partial charge in [0.25, 0.3) is 0 Å². The van der Waals surface area contributed by atoms with Crippen LogP contribution < -0.4 is 5.73 Å². The first kappa shape index (κ1) is 8.19. The Morgan fingerprint density at radius 3 is 3.08 bits per heavy atom. The Kier molecular flexibility index (Phi) is 1.98. The number of fused-ring (bicyclic) bond motifs is 1. The third-order valence-electron chi connectivity index (χ3n) is 2.02. The summed E-state index contributed by atoms with van der Waals surface area (Å²) < 4.78 is 1.78. The lowest BCUT2D eigenvalue weighted by Gasteiger charge is -1.96. The summed E-state index contributed by atoms with van der Waals surface area (Å²) in [6.07, 6.45) is 2.74. The molecule has 2 N–H and O–H groups in total. The third-order valence-corrected chi connectivity index (χ3v) is 2.02. The number of hydrogen-bond acceptors (Lipinski definition) is 3. The predicted octanol–water partition coefficient (Wildman–Crippen LogP) is 0.750. The molecule has 2 rings (SSSR count). The minimum atomic E-state index is 0.506. The lowest BCUT2D eigenvalue weighted by molar-refractivity contribution is 0.881. The number of nitrogens with zero attached hydrogens (tertiary/aromatic N) is 3. The van der Waals surface area contributed by atoms with Gasteiger partial charge in [-0.15, -0.1) is 0 Å². The average molecular weight is 176 g/mol. The zero-order valence-electron chi connectivity index (χ0n) is 7.57. The van der Waals surface area contributed by atoms with E-state index in [2.05, 4.69) is 10.1 Å². The summed E-state index contributed by atoms with van der Waals surface area (Å²) in [6, 6.07) is 3.91. The first-order chi connectivity index (χ1) is 6.35. The molecule has 0 aromatic carbocycles. The van der Waals surface area contributed by atoms with Crippen LogP contribution in [-0.2, 0) is 13.0 Å². The quantitative estimate of drug-likeness (QED) is 0.734. The Morgan fingerprint density at radius 2 is 2.38 bits per heavy atom. The van der Waals surface area contributed by atoms with Gasteiger partial charge in [-0.25, -0.2) is 9.50 Å². The van der Waals surface area contributed by atoms with Gasteiger partial charge in [0.15, 0.2) is 11.5 Å². The molecular formula is C9H12N4. The highest BCUT2D eigenvalue weighted by Gasteiger charge is 2.04. The number of aromatic nitrogens is 3. The Balaban J connectivity index is 2.67. The van der Waals surface area contributed by atoms with Crippen LogP contribution in [0.2, 0.25) is 0 Å². The third kappa shape index (κ3) is 1.29. The number of nitrogens with two attached hydrogens (primary N) is 1. The zero-order valence-corrected chi connectivity index (χ0v) is 7.57. The van der Waals surface area contributed by atoms with Crippen LogP contribution in [0.1, 0.15) is 18.3 Å². The van der Waals surface area contributed by atoms with Crippen LogP contribution in [-0.4, -0.2) is 14.6 Å². The average Bonchev–Trinajstić information content (AvgIpc) is 2.59. The van der Waals surface area contributed by atoms with E-state index >= 15 is 0 Å². The molecule has 2 aromatic rings. The molecule has 4 heteroatoms. The Labute approximate surface area is 76.4 Å². The molecule has 2 aromatic heterocycles. The summed E-state index contributed by atoms with van der Waals surface area (Å²) in [4.78, 5) is 4.37. The lowest BCUT2D eigenvalue weighted by Crippen LogP contribution is -1.99. The van der Waals surface area contributed by atoms with Gasteiger partial charge in [-0.2, -0.15) is 5.10 Å². The molecule has 4 nitrogen and oxygen atoms in total. The van der Waals surface area contributed by atoms with Crippen molar-refractivity contribution in [3.63, 3.8) is 0 Å². The Hall–Kier alpha value is -1.42. The standard InChI is InChI=1S/C9H12N4/c1-2-8-11-9-7(6-10)4-3-5-13(9)12-8/h3-5H,2,6,10H2,1H3. The molecule has 0 atom stereocenters. The van der Waals surface area contributed by atoms with Crippen molar-refractivity contribution in [1.29, 1.82) is 0 Å². The molecule has 0 saturated carbocycles. The van der Waals surface area contributed by atoms with Crippen molar-refractivity contribution in [2.24, 2.45) is 5.73 Å².